The maximum absolute atomic E-state index is 13.2. The lowest BCUT2D eigenvalue weighted by molar-refractivity contribution is 0.0747. The number of amides is 1. The van der Waals surface area contributed by atoms with E-state index >= 15 is 0 Å². The standard InChI is InChI=1S/C24H27N5O/c1-18-5-4-6-20(15-18)27-11-13-29(14-12-27)24(30)19-7-8-22-21(16-19)23(26-17-25-22)28-9-2-3-10-28/h4-8,15-17H,2-3,9-14H2,1H3. The Morgan fingerprint density at radius 2 is 1.67 bits per heavy atom. The topological polar surface area (TPSA) is 52.6 Å². The van der Waals surface area contributed by atoms with Gasteiger partial charge in [-0.2, -0.15) is 0 Å². The van der Waals surface area contributed by atoms with E-state index in [-0.39, 0.29) is 5.91 Å². The lowest BCUT2D eigenvalue weighted by Gasteiger charge is -2.36. The van der Waals surface area contributed by atoms with Crippen molar-refractivity contribution in [2.45, 2.75) is 19.8 Å². The van der Waals surface area contributed by atoms with E-state index in [0.717, 1.165) is 61.6 Å². The van der Waals surface area contributed by atoms with E-state index in [9.17, 15) is 4.79 Å². The molecule has 6 heteroatoms. The number of fused-ring (bicyclic) bond motifs is 1. The molecule has 1 amide bonds. The van der Waals surface area contributed by atoms with Crippen LogP contribution in [0.25, 0.3) is 10.9 Å². The number of benzene rings is 2. The third kappa shape index (κ3) is 3.58. The van der Waals surface area contributed by atoms with Gasteiger partial charge in [-0.3, -0.25) is 4.79 Å². The summed E-state index contributed by atoms with van der Waals surface area (Å²) in [5.41, 5.74) is 4.12. The molecule has 3 heterocycles. The molecule has 154 valence electrons. The molecule has 30 heavy (non-hydrogen) atoms. The number of aromatic nitrogens is 2. The first-order valence-electron chi connectivity index (χ1n) is 10.8. The van der Waals surface area contributed by atoms with Gasteiger partial charge in [0.15, 0.2) is 0 Å². The summed E-state index contributed by atoms with van der Waals surface area (Å²) in [6.07, 6.45) is 4.01. The van der Waals surface area contributed by atoms with Crippen LogP contribution in [0, 0.1) is 6.92 Å². The molecule has 5 rings (SSSR count). The Labute approximate surface area is 177 Å². The Kier molecular flexibility index (Phi) is 4.99. The number of anilines is 2. The second-order valence-electron chi connectivity index (χ2n) is 8.24. The first-order chi connectivity index (χ1) is 14.7. The van der Waals surface area contributed by atoms with E-state index in [1.165, 1.54) is 24.1 Å². The van der Waals surface area contributed by atoms with Crippen molar-refractivity contribution in [2.75, 3.05) is 49.1 Å². The molecule has 0 N–H and O–H groups in total. The zero-order valence-corrected chi connectivity index (χ0v) is 17.4. The van der Waals surface area contributed by atoms with Crippen LogP contribution in [0.4, 0.5) is 11.5 Å². The summed E-state index contributed by atoms with van der Waals surface area (Å²) < 4.78 is 0. The molecule has 2 fully saturated rings. The fraction of sp³-hybridized carbons (Fsp3) is 0.375. The van der Waals surface area contributed by atoms with Gasteiger partial charge >= 0.3 is 0 Å². The Bertz CT molecular complexity index is 1070. The zero-order valence-electron chi connectivity index (χ0n) is 17.4. The average molecular weight is 402 g/mol. The monoisotopic (exact) mass is 401 g/mol. The van der Waals surface area contributed by atoms with Crippen molar-refractivity contribution < 1.29 is 4.79 Å². The third-order valence-electron chi connectivity index (χ3n) is 6.20. The SMILES string of the molecule is Cc1cccc(N2CCN(C(=O)c3ccc4ncnc(N5CCCC5)c4c3)CC2)c1. The van der Waals surface area contributed by atoms with Crippen molar-refractivity contribution in [1.29, 1.82) is 0 Å². The van der Waals surface area contributed by atoms with Gasteiger partial charge in [-0.1, -0.05) is 12.1 Å². The van der Waals surface area contributed by atoms with Crippen LogP contribution in [0.3, 0.4) is 0 Å². The summed E-state index contributed by atoms with van der Waals surface area (Å²) >= 11 is 0. The first kappa shape index (κ1) is 18.9. The molecule has 0 radical (unpaired) electrons. The van der Waals surface area contributed by atoms with Crippen LogP contribution in [0.2, 0.25) is 0 Å². The minimum atomic E-state index is 0.0945. The van der Waals surface area contributed by atoms with Gasteiger partial charge in [-0.25, -0.2) is 9.97 Å². The lowest BCUT2D eigenvalue weighted by atomic mass is 10.1. The largest absolute Gasteiger partial charge is 0.368 e. The van der Waals surface area contributed by atoms with Crippen LogP contribution in [0.15, 0.2) is 48.8 Å². The molecule has 0 aliphatic carbocycles. The van der Waals surface area contributed by atoms with Gasteiger partial charge in [0.1, 0.15) is 12.1 Å². The molecule has 0 saturated carbocycles. The molecule has 3 aromatic rings. The van der Waals surface area contributed by atoms with Gasteiger partial charge in [-0.05, 0) is 55.7 Å². The summed E-state index contributed by atoms with van der Waals surface area (Å²) in [6, 6.07) is 14.4. The van der Waals surface area contributed by atoms with Crippen molar-refractivity contribution >= 4 is 28.3 Å². The molecule has 1 aromatic heterocycles. The average Bonchev–Trinajstić information content (AvgIpc) is 3.33. The van der Waals surface area contributed by atoms with Crippen molar-refractivity contribution in [3.63, 3.8) is 0 Å². The van der Waals surface area contributed by atoms with Crippen LogP contribution < -0.4 is 9.80 Å². The second-order valence-corrected chi connectivity index (χ2v) is 8.24. The molecule has 2 aliphatic rings. The molecular formula is C24H27N5O. The van der Waals surface area contributed by atoms with Gasteiger partial charge in [0.2, 0.25) is 0 Å². The minimum absolute atomic E-state index is 0.0945. The van der Waals surface area contributed by atoms with E-state index < -0.39 is 0 Å². The van der Waals surface area contributed by atoms with Crippen LogP contribution in [0.1, 0.15) is 28.8 Å². The number of carbonyl (C=O) groups is 1. The number of piperazine rings is 1. The minimum Gasteiger partial charge on any atom is -0.368 e. The van der Waals surface area contributed by atoms with E-state index in [1.807, 2.05) is 23.1 Å². The molecule has 2 aromatic carbocycles. The van der Waals surface area contributed by atoms with Gasteiger partial charge < -0.3 is 14.7 Å². The Morgan fingerprint density at radius 1 is 0.867 bits per heavy atom. The number of carbonyl (C=O) groups excluding carboxylic acids is 1. The summed E-state index contributed by atoms with van der Waals surface area (Å²) in [5, 5.41) is 0.976. The smallest absolute Gasteiger partial charge is 0.254 e. The number of aryl methyl sites for hydroxylation is 1. The quantitative estimate of drug-likeness (QED) is 0.672. The van der Waals surface area contributed by atoms with E-state index in [1.54, 1.807) is 6.33 Å². The molecule has 2 saturated heterocycles. The second kappa shape index (κ2) is 7.94. The normalized spacial score (nSPS) is 17.0. The number of hydrogen-bond acceptors (Lipinski definition) is 5. The highest BCUT2D eigenvalue weighted by Gasteiger charge is 2.24. The predicted molar refractivity (Wildman–Crippen MR) is 120 cm³/mol. The summed E-state index contributed by atoms with van der Waals surface area (Å²) in [6.45, 7) is 7.32. The van der Waals surface area contributed by atoms with Gasteiger partial charge in [0.25, 0.3) is 5.91 Å². The van der Waals surface area contributed by atoms with Crippen molar-refractivity contribution in [3.8, 4) is 0 Å². The highest BCUT2D eigenvalue weighted by molar-refractivity contribution is 6.00. The summed E-state index contributed by atoms with van der Waals surface area (Å²) in [5.74, 6) is 1.05. The molecule has 6 nitrogen and oxygen atoms in total. The van der Waals surface area contributed by atoms with E-state index in [4.69, 9.17) is 0 Å². The Morgan fingerprint density at radius 3 is 2.43 bits per heavy atom. The van der Waals surface area contributed by atoms with Crippen LogP contribution >= 0.6 is 0 Å². The summed E-state index contributed by atoms with van der Waals surface area (Å²) in [7, 11) is 0. The van der Waals surface area contributed by atoms with Gasteiger partial charge in [-0.15, -0.1) is 0 Å². The molecule has 0 bridgehead atoms. The molecule has 0 unspecified atom stereocenters. The fourth-order valence-electron chi connectivity index (χ4n) is 4.53. The highest BCUT2D eigenvalue weighted by atomic mass is 16.2. The highest BCUT2D eigenvalue weighted by Crippen LogP contribution is 2.27. The zero-order chi connectivity index (χ0) is 20.5. The van der Waals surface area contributed by atoms with Crippen LogP contribution in [0.5, 0.6) is 0 Å². The predicted octanol–water partition coefficient (Wildman–Crippen LogP) is 3.50. The Hall–Kier alpha value is -3.15. The van der Waals surface area contributed by atoms with Crippen LogP contribution in [-0.2, 0) is 0 Å². The van der Waals surface area contributed by atoms with Gasteiger partial charge in [0.05, 0.1) is 5.52 Å². The molecule has 0 spiro atoms. The third-order valence-corrected chi connectivity index (χ3v) is 6.20. The van der Waals surface area contributed by atoms with E-state index in [0.29, 0.717) is 0 Å². The van der Waals surface area contributed by atoms with Crippen molar-refractivity contribution in [2.24, 2.45) is 0 Å². The maximum atomic E-state index is 13.2. The fourth-order valence-corrected chi connectivity index (χ4v) is 4.53. The molecule has 2 aliphatic heterocycles. The Balaban J connectivity index is 1.34. The summed E-state index contributed by atoms with van der Waals surface area (Å²) in [4.78, 5) is 28.8. The lowest BCUT2D eigenvalue weighted by Crippen LogP contribution is -2.48. The first-order valence-corrected chi connectivity index (χ1v) is 10.8. The van der Waals surface area contributed by atoms with Crippen molar-refractivity contribution in [3.05, 3.63) is 59.9 Å². The molecular weight excluding hydrogens is 374 g/mol. The van der Waals surface area contributed by atoms with Crippen molar-refractivity contribution in [1.82, 2.24) is 14.9 Å². The maximum Gasteiger partial charge on any atom is 0.254 e. The number of rotatable bonds is 3. The molecule has 0 atom stereocenters. The van der Waals surface area contributed by atoms with Crippen LogP contribution in [-0.4, -0.2) is 60.0 Å². The van der Waals surface area contributed by atoms with Gasteiger partial charge in [0, 0.05) is 55.9 Å². The number of hydrogen-bond donors (Lipinski definition) is 0. The number of nitrogens with zero attached hydrogens (tertiary/aromatic N) is 5. The van der Waals surface area contributed by atoms with E-state index in [2.05, 4.69) is 51.0 Å².